The summed E-state index contributed by atoms with van der Waals surface area (Å²) in [5.74, 6) is 0. The highest BCUT2D eigenvalue weighted by atomic mass is 19.4. The van der Waals surface area contributed by atoms with Crippen LogP contribution in [-0.4, -0.2) is 11.6 Å². The van der Waals surface area contributed by atoms with E-state index in [2.05, 4.69) is 5.32 Å². The Balaban J connectivity index is 2.88. The zero-order valence-corrected chi connectivity index (χ0v) is 10.5. The number of alkyl halides is 3. The standard InChI is InChI=1S/C13H15F3N2/c1-8-5-4-6-9-10(7-17-2)12(13(14,15)16)18(3)11(8)9/h4-6,17H,7H2,1-3H3. The van der Waals surface area contributed by atoms with Crippen LogP contribution in [0.4, 0.5) is 13.2 Å². The van der Waals surface area contributed by atoms with Crippen molar-refractivity contribution in [1.82, 2.24) is 9.88 Å². The molecule has 2 aromatic rings. The minimum Gasteiger partial charge on any atom is -0.340 e. The van der Waals surface area contributed by atoms with Gasteiger partial charge in [0.2, 0.25) is 0 Å². The van der Waals surface area contributed by atoms with E-state index >= 15 is 0 Å². The van der Waals surface area contributed by atoms with Gasteiger partial charge in [0.05, 0.1) is 5.52 Å². The lowest BCUT2D eigenvalue weighted by Crippen LogP contribution is -2.16. The Kier molecular flexibility index (Phi) is 3.11. The quantitative estimate of drug-likeness (QED) is 0.873. The summed E-state index contributed by atoms with van der Waals surface area (Å²) in [6.07, 6.45) is -4.34. The molecule has 0 aliphatic carbocycles. The van der Waals surface area contributed by atoms with Gasteiger partial charge in [-0.25, -0.2) is 0 Å². The molecule has 98 valence electrons. The minimum atomic E-state index is -4.34. The molecule has 0 atom stereocenters. The highest BCUT2D eigenvalue weighted by Crippen LogP contribution is 2.38. The predicted molar refractivity (Wildman–Crippen MR) is 65.4 cm³/mol. The number of para-hydroxylation sites is 1. The normalized spacial score (nSPS) is 12.3. The number of aromatic nitrogens is 1. The number of fused-ring (bicyclic) bond motifs is 1. The molecule has 1 heterocycles. The number of nitrogens with zero attached hydrogens (tertiary/aromatic N) is 1. The summed E-state index contributed by atoms with van der Waals surface area (Å²) in [5.41, 5.74) is 1.24. The molecule has 0 aliphatic heterocycles. The van der Waals surface area contributed by atoms with Gasteiger partial charge in [0.15, 0.2) is 0 Å². The molecule has 0 radical (unpaired) electrons. The lowest BCUT2D eigenvalue weighted by molar-refractivity contribution is -0.143. The second-order valence-electron chi connectivity index (χ2n) is 4.39. The van der Waals surface area contributed by atoms with Crippen molar-refractivity contribution in [3.8, 4) is 0 Å². The third-order valence-electron chi connectivity index (χ3n) is 3.14. The van der Waals surface area contributed by atoms with Crippen LogP contribution in [0.1, 0.15) is 16.8 Å². The summed E-state index contributed by atoms with van der Waals surface area (Å²) in [5, 5.41) is 3.47. The molecule has 0 saturated heterocycles. The molecule has 1 aromatic heterocycles. The van der Waals surface area contributed by atoms with Crippen molar-refractivity contribution < 1.29 is 13.2 Å². The van der Waals surface area contributed by atoms with E-state index in [1.165, 1.54) is 11.6 Å². The molecule has 1 aromatic carbocycles. The second kappa shape index (κ2) is 4.31. The number of aryl methyl sites for hydroxylation is 2. The fraction of sp³-hybridized carbons (Fsp3) is 0.385. The van der Waals surface area contributed by atoms with Crippen molar-refractivity contribution in [3.63, 3.8) is 0 Å². The van der Waals surface area contributed by atoms with Gasteiger partial charge in [-0.3, -0.25) is 0 Å². The Morgan fingerprint density at radius 2 is 1.94 bits per heavy atom. The number of nitrogens with one attached hydrogen (secondary N) is 1. The fourth-order valence-electron chi connectivity index (χ4n) is 2.51. The van der Waals surface area contributed by atoms with E-state index in [-0.39, 0.29) is 6.54 Å². The average molecular weight is 256 g/mol. The molecule has 0 aliphatic rings. The van der Waals surface area contributed by atoms with Crippen LogP contribution in [0.25, 0.3) is 10.9 Å². The van der Waals surface area contributed by atoms with Crippen molar-refractivity contribution in [2.75, 3.05) is 7.05 Å². The average Bonchev–Trinajstić information content (AvgIpc) is 2.53. The van der Waals surface area contributed by atoms with E-state index in [4.69, 9.17) is 0 Å². The van der Waals surface area contributed by atoms with Gasteiger partial charge in [0.1, 0.15) is 5.69 Å². The van der Waals surface area contributed by atoms with Crippen LogP contribution in [0.15, 0.2) is 18.2 Å². The molecule has 0 spiro atoms. The maximum absolute atomic E-state index is 13.2. The van der Waals surface area contributed by atoms with Crippen molar-refractivity contribution in [3.05, 3.63) is 35.0 Å². The molecule has 0 bridgehead atoms. The molecule has 2 nitrogen and oxygen atoms in total. The first-order valence-electron chi connectivity index (χ1n) is 5.66. The lowest BCUT2D eigenvalue weighted by Gasteiger charge is -2.11. The fourth-order valence-corrected chi connectivity index (χ4v) is 2.51. The topological polar surface area (TPSA) is 17.0 Å². The van der Waals surface area contributed by atoms with Gasteiger partial charge in [-0.2, -0.15) is 13.2 Å². The third-order valence-corrected chi connectivity index (χ3v) is 3.14. The van der Waals surface area contributed by atoms with Gasteiger partial charge < -0.3 is 9.88 Å². The maximum atomic E-state index is 13.2. The molecule has 0 fully saturated rings. The Hall–Kier alpha value is -1.49. The van der Waals surface area contributed by atoms with Gasteiger partial charge in [-0.1, -0.05) is 18.2 Å². The molecule has 0 saturated carbocycles. The van der Waals surface area contributed by atoms with Crippen LogP contribution >= 0.6 is 0 Å². The van der Waals surface area contributed by atoms with Crippen molar-refractivity contribution in [1.29, 1.82) is 0 Å². The zero-order valence-electron chi connectivity index (χ0n) is 10.5. The molecule has 0 unspecified atom stereocenters. The van der Waals surface area contributed by atoms with Crippen LogP contribution < -0.4 is 5.32 Å². The SMILES string of the molecule is CNCc1c(C(F)(F)F)n(C)c2c(C)cccc12. The monoisotopic (exact) mass is 256 g/mol. The second-order valence-corrected chi connectivity index (χ2v) is 4.39. The van der Waals surface area contributed by atoms with Crippen LogP contribution in [-0.2, 0) is 19.8 Å². The van der Waals surface area contributed by atoms with Crippen molar-refractivity contribution >= 4 is 10.9 Å². The largest absolute Gasteiger partial charge is 0.431 e. The van der Waals surface area contributed by atoms with Crippen LogP contribution in [0.5, 0.6) is 0 Å². The molecule has 5 heteroatoms. The summed E-state index contributed by atoms with van der Waals surface area (Å²) in [6.45, 7) is 2.03. The third kappa shape index (κ3) is 1.88. The summed E-state index contributed by atoms with van der Waals surface area (Å²) in [6, 6.07) is 5.35. The Morgan fingerprint density at radius 3 is 2.50 bits per heavy atom. The van der Waals surface area contributed by atoms with E-state index in [0.29, 0.717) is 16.5 Å². The zero-order chi connectivity index (χ0) is 13.5. The van der Waals surface area contributed by atoms with E-state index in [0.717, 1.165) is 5.56 Å². The molecule has 2 rings (SSSR count). The Morgan fingerprint density at radius 1 is 1.28 bits per heavy atom. The molecular formula is C13H15F3N2. The highest BCUT2D eigenvalue weighted by molar-refractivity contribution is 5.88. The van der Waals surface area contributed by atoms with Gasteiger partial charge in [-0.05, 0) is 19.5 Å². The van der Waals surface area contributed by atoms with Crippen LogP contribution in [0, 0.1) is 6.92 Å². The smallest absolute Gasteiger partial charge is 0.340 e. The van der Waals surface area contributed by atoms with Crippen LogP contribution in [0.2, 0.25) is 0 Å². The maximum Gasteiger partial charge on any atom is 0.431 e. The summed E-state index contributed by atoms with van der Waals surface area (Å²) >= 11 is 0. The number of halogens is 3. The summed E-state index contributed by atoms with van der Waals surface area (Å²) in [7, 11) is 3.12. The number of benzene rings is 1. The van der Waals surface area contributed by atoms with Crippen molar-refractivity contribution in [2.45, 2.75) is 19.6 Å². The first-order chi connectivity index (χ1) is 8.38. The van der Waals surface area contributed by atoms with Crippen LogP contribution in [0.3, 0.4) is 0 Å². The molecular weight excluding hydrogens is 241 g/mol. The Labute approximate surface area is 103 Å². The molecule has 18 heavy (non-hydrogen) atoms. The summed E-state index contributed by atoms with van der Waals surface area (Å²) < 4.78 is 40.7. The molecule has 0 amide bonds. The molecule has 1 N–H and O–H groups in total. The first-order valence-corrected chi connectivity index (χ1v) is 5.66. The van der Waals surface area contributed by atoms with E-state index in [1.807, 2.05) is 13.0 Å². The van der Waals surface area contributed by atoms with Crippen molar-refractivity contribution in [2.24, 2.45) is 7.05 Å². The first kappa shape index (κ1) is 13.0. The summed E-state index contributed by atoms with van der Waals surface area (Å²) in [4.78, 5) is 0. The van der Waals surface area contributed by atoms with E-state index < -0.39 is 11.9 Å². The minimum absolute atomic E-state index is 0.204. The highest BCUT2D eigenvalue weighted by Gasteiger charge is 2.38. The number of hydrogen-bond donors (Lipinski definition) is 1. The number of rotatable bonds is 2. The van der Waals surface area contributed by atoms with Gasteiger partial charge in [-0.15, -0.1) is 0 Å². The number of hydrogen-bond acceptors (Lipinski definition) is 1. The van der Waals surface area contributed by atoms with E-state index in [9.17, 15) is 13.2 Å². The predicted octanol–water partition coefficient (Wildman–Crippen LogP) is 3.22. The lowest BCUT2D eigenvalue weighted by atomic mass is 10.1. The van der Waals surface area contributed by atoms with Gasteiger partial charge in [0, 0.05) is 24.5 Å². The van der Waals surface area contributed by atoms with Gasteiger partial charge in [0.25, 0.3) is 0 Å². The van der Waals surface area contributed by atoms with Gasteiger partial charge >= 0.3 is 6.18 Å². The van der Waals surface area contributed by atoms with E-state index in [1.54, 1.807) is 19.2 Å². The Bertz CT molecular complexity index is 582.